The van der Waals surface area contributed by atoms with Crippen molar-refractivity contribution in [2.75, 3.05) is 11.9 Å². The van der Waals surface area contributed by atoms with E-state index in [1.807, 2.05) is 0 Å². The lowest BCUT2D eigenvalue weighted by molar-refractivity contribution is 0.121. The molecule has 3 rings (SSSR count). The fourth-order valence-corrected chi connectivity index (χ4v) is 3.02. The zero-order chi connectivity index (χ0) is 13.4. The fraction of sp³-hybridized carbons (Fsp3) is 0.571. The Hall–Kier alpha value is -1.20. The number of hydrogen-bond donors (Lipinski definition) is 2. The van der Waals surface area contributed by atoms with Crippen LogP contribution in [0.1, 0.15) is 36.6 Å². The monoisotopic (exact) mass is 277 g/mol. The van der Waals surface area contributed by atoms with Gasteiger partial charge in [0.25, 0.3) is 0 Å². The Bertz CT molecular complexity index is 518. The van der Waals surface area contributed by atoms with Crippen molar-refractivity contribution in [3.05, 3.63) is 22.9 Å². The minimum atomic E-state index is 0.203. The number of ether oxygens (including phenoxy) is 1. The largest absolute Gasteiger partial charge is 0.389 e. The lowest BCUT2D eigenvalue weighted by Crippen LogP contribution is -2.29. The van der Waals surface area contributed by atoms with E-state index >= 15 is 0 Å². The van der Waals surface area contributed by atoms with Gasteiger partial charge < -0.3 is 15.8 Å². The number of aryl methyl sites for hydroxylation is 2. The summed E-state index contributed by atoms with van der Waals surface area (Å²) in [6, 6.07) is 2.40. The molecule has 4 nitrogen and oxygen atoms in total. The normalized spacial score (nSPS) is 25.3. The highest BCUT2D eigenvalue weighted by atomic mass is 32.1. The second kappa shape index (κ2) is 5.06. The van der Waals surface area contributed by atoms with Crippen LogP contribution >= 0.6 is 12.2 Å². The minimum Gasteiger partial charge on any atom is -0.389 e. The summed E-state index contributed by atoms with van der Waals surface area (Å²) in [5.74, 6) is 0.829. The number of rotatable bonds is 3. The van der Waals surface area contributed by atoms with E-state index in [2.05, 4.69) is 18.3 Å². The van der Waals surface area contributed by atoms with Gasteiger partial charge in [-0.05, 0) is 44.2 Å². The average molecular weight is 277 g/mol. The first kappa shape index (κ1) is 12.8. The van der Waals surface area contributed by atoms with Crippen molar-refractivity contribution >= 4 is 23.0 Å². The summed E-state index contributed by atoms with van der Waals surface area (Å²) in [4.78, 5) is 5.15. The minimum absolute atomic E-state index is 0.203. The topological polar surface area (TPSA) is 60.2 Å². The number of nitrogens with zero attached hydrogens (tertiary/aromatic N) is 1. The fourth-order valence-electron chi connectivity index (χ4n) is 2.87. The smallest absolute Gasteiger partial charge is 0.136 e. The third-order valence-electron chi connectivity index (χ3n) is 4.01. The molecule has 102 valence electrons. The van der Waals surface area contributed by atoms with E-state index in [0.29, 0.717) is 11.0 Å². The van der Waals surface area contributed by atoms with Gasteiger partial charge in [-0.15, -0.1) is 0 Å². The number of hydrogen-bond acceptors (Lipinski definition) is 4. The molecule has 1 fully saturated rings. The molecule has 2 unspecified atom stereocenters. The van der Waals surface area contributed by atoms with Gasteiger partial charge in [-0.25, -0.2) is 4.98 Å². The Morgan fingerprint density at radius 2 is 2.37 bits per heavy atom. The molecule has 0 saturated carbocycles. The van der Waals surface area contributed by atoms with Crippen molar-refractivity contribution in [2.24, 2.45) is 5.73 Å². The Labute approximate surface area is 118 Å². The number of nitrogens with two attached hydrogens (primary N) is 1. The predicted molar refractivity (Wildman–Crippen MR) is 79.6 cm³/mol. The molecule has 1 aliphatic heterocycles. The SMILES string of the molecule is CC1OCCC1Nc1nc2c(cc1C(N)=S)CCC2. The molecule has 0 amide bonds. The van der Waals surface area contributed by atoms with Crippen molar-refractivity contribution in [1.29, 1.82) is 0 Å². The van der Waals surface area contributed by atoms with Gasteiger partial charge in [0.05, 0.1) is 17.7 Å². The first-order chi connectivity index (χ1) is 9.15. The number of nitrogens with one attached hydrogen (secondary N) is 1. The van der Waals surface area contributed by atoms with Crippen LogP contribution in [0.25, 0.3) is 0 Å². The number of fused-ring (bicyclic) bond motifs is 1. The molecular weight excluding hydrogens is 258 g/mol. The van der Waals surface area contributed by atoms with Gasteiger partial charge in [-0.3, -0.25) is 0 Å². The van der Waals surface area contributed by atoms with E-state index in [9.17, 15) is 0 Å². The maximum absolute atomic E-state index is 5.84. The van der Waals surface area contributed by atoms with Gasteiger partial charge in [-0.2, -0.15) is 0 Å². The standard InChI is InChI=1S/C14H19N3OS/c1-8-11(5-6-18-8)16-14-10(13(15)19)7-9-3-2-4-12(9)17-14/h7-8,11H,2-6H2,1H3,(H2,15,19)(H,16,17). The molecule has 2 heterocycles. The van der Waals surface area contributed by atoms with Crippen LogP contribution in [-0.2, 0) is 17.6 Å². The van der Waals surface area contributed by atoms with Gasteiger partial charge in [0.2, 0.25) is 0 Å². The average Bonchev–Trinajstić information content (AvgIpc) is 2.97. The van der Waals surface area contributed by atoms with Crippen molar-refractivity contribution in [2.45, 2.75) is 44.8 Å². The molecule has 19 heavy (non-hydrogen) atoms. The summed E-state index contributed by atoms with van der Waals surface area (Å²) >= 11 is 5.16. The summed E-state index contributed by atoms with van der Waals surface area (Å²) in [5, 5.41) is 3.47. The van der Waals surface area contributed by atoms with E-state index in [-0.39, 0.29) is 6.10 Å². The molecule has 1 aliphatic carbocycles. The van der Waals surface area contributed by atoms with Crippen LogP contribution in [0.5, 0.6) is 0 Å². The molecule has 1 aromatic heterocycles. The second-order valence-electron chi connectivity index (χ2n) is 5.32. The molecule has 0 bridgehead atoms. The Kier molecular flexibility index (Phi) is 3.41. The summed E-state index contributed by atoms with van der Waals surface area (Å²) in [6.45, 7) is 2.88. The van der Waals surface area contributed by atoms with Crippen molar-refractivity contribution in [3.8, 4) is 0 Å². The molecular formula is C14H19N3OS. The molecule has 1 aromatic rings. The number of aromatic nitrogens is 1. The quantitative estimate of drug-likeness (QED) is 0.825. The van der Waals surface area contributed by atoms with Crippen LogP contribution in [0, 0.1) is 0 Å². The molecule has 2 atom stereocenters. The van der Waals surface area contributed by atoms with Crippen LogP contribution in [0.15, 0.2) is 6.07 Å². The zero-order valence-corrected chi connectivity index (χ0v) is 11.9. The Morgan fingerprint density at radius 3 is 3.05 bits per heavy atom. The van der Waals surface area contributed by atoms with Crippen LogP contribution in [0.3, 0.4) is 0 Å². The van der Waals surface area contributed by atoms with E-state index in [1.165, 1.54) is 17.7 Å². The van der Waals surface area contributed by atoms with E-state index < -0.39 is 0 Å². The molecule has 0 aromatic carbocycles. The zero-order valence-electron chi connectivity index (χ0n) is 11.1. The maximum Gasteiger partial charge on any atom is 0.136 e. The third-order valence-corrected chi connectivity index (χ3v) is 4.23. The first-order valence-corrected chi connectivity index (χ1v) is 7.26. The molecule has 3 N–H and O–H groups in total. The number of pyridine rings is 1. The lowest BCUT2D eigenvalue weighted by Gasteiger charge is -2.19. The van der Waals surface area contributed by atoms with Crippen molar-refractivity contribution < 1.29 is 4.74 Å². The number of thiocarbonyl (C=S) groups is 1. The van der Waals surface area contributed by atoms with Crippen molar-refractivity contribution in [1.82, 2.24) is 4.98 Å². The van der Waals surface area contributed by atoms with Gasteiger partial charge in [0.1, 0.15) is 10.8 Å². The molecule has 2 aliphatic rings. The lowest BCUT2D eigenvalue weighted by atomic mass is 10.1. The van der Waals surface area contributed by atoms with E-state index in [0.717, 1.165) is 37.3 Å². The van der Waals surface area contributed by atoms with E-state index in [1.54, 1.807) is 0 Å². The van der Waals surface area contributed by atoms with Crippen LogP contribution in [0.4, 0.5) is 5.82 Å². The Balaban J connectivity index is 1.92. The predicted octanol–water partition coefficient (Wildman–Crippen LogP) is 1.79. The highest BCUT2D eigenvalue weighted by Crippen LogP contribution is 2.27. The Morgan fingerprint density at radius 1 is 1.53 bits per heavy atom. The highest BCUT2D eigenvalue weighted by molar-refractivity contribution is 7.80. The summed E-state index contributed by atoms with van der Waals surface area (Å²) in [6.07, 6.45) is 4.51. The third kappa shape index (κ3) is 2.44. The molecule has 5 heteroatoms. The summed E-state index contributed by atoms with van der Waals surface area (Å²) in [7, 11) is 0. The molecule has 1 saturated heterocycles. The van der Waals surface area contributed by atoms with Gasteiger partial charge in [0, 0.05) is 12.3 Å². The van der Waals surface area contributed by atoms with Crippen LogP contribution in [-0.4, -0.2) is 28.7 Å². The second-order valence-corrected chi connectivity index (χ2v) is 5.76. The van der Waals surface area contributed by atoms with Gasteiger partial charge >= 0.3 is 0 Å². The van der Waals surface area contributed by atoms with Gasteiger partial charge in [0.15, 0.2) is 0 Å². The molecule has 0 radical (unpaired) electrons. The van der Waals surface area contributed by atoms with Gasteiger partial charge in [-0.1, -0.05) is 12.2 Å². The number of anilines is 1. The van der Waals surface area contributed by atoms with Crippen LogP contribution in [0.2, 0.25) is 0 Å². The summed E-state index contributed by atoms with van der Waals surface area (Å²) < 4.78 is 5.58. The van der Waals surface area contributed by atoms with Crippen molar-refractivity contribution in [3.63, 3.8) is 0 Å². The highest BCUT2D eigenvalue weighted by Gasteiger charge is 2.26. The van der Waals surface area contributed by atoms with E-state index in [4.69, 9.17) is 27.7 Å². The first-order valence-electron chi connectivity index (χ1n) is 6.86. The molecule has 0 spiro atoms. The van der Waals surface area contributed by atoms with Crippen LogP contribution < -0.4 is 11.1 Å². The summed E-state index contributed by atoms with van der Waals surface area (Å²) in [5.41, 5.74) is 9.19. The maximum atomic E-state index is 5.84.